The summed E-state index contributed by atoms with van der Waals surface area (Å²) in [6.07, 6.45) is 6.88. The Hall–Kier alpha value is -2.69. The molecular formula is C20H22N4O. The van der Waals surface area contributed by atoms with Crippen molar-refractivity contribution in [1.29, 1.82) is 0 Å². The van der Waals surface area contributed by atoms with Gasteiger partial charge in [0.05, 0.1) is 0 Å². The first kappa shape index (κ1) is 15.8. The molecule has 1 N–H and O–H groups in total. The van der Waals surface area contributed by atoms with Gasteiger partial charge in [0.1, 0.15) is 5.65 Å². The highest BCUT2D eigenvalue weighted by atomic mass is 16.1. The molecule has 0 unspecified atom stereocenters. The molecule has 0 radical (unpaired) electrons. The third-order valence-electron chi connectivity index (χ3n) is 5.00. The number of benzene rings is 1. The largest absolute Gasteiger partial charge is 0.357 e. The van der Waals surface area contributed by atoms with Gasteiger partial charge < -0.3 is 5.32 Å². The third kappa shape index (κ3) is 3.02. The van der Waals surface area contributed by atoms with E-state index in [2.05, 4.69) is 27.4 Å². The minimum atomic E-state index is 0.0870. The Morgan fingerprint density at radius 1 is 1.20 bits per heavy atom. The molecule has 4 rings (SSSR count). The summed E-state index contributed by atoms with van der Waals surface area (Å²) in [4.78, 5) is 22.2. The molecule has 1 aromatic carbocycles. The summed E-state index contributed by atoms with van der Waals surface area (Å²) in [7, 11) is 1.79. The van der Waals surface area contributed by atoms with Gasteiger partial charge in [-0.1, -0.05) is 43.2 Å². The zero-order valence-electron chi connectivity index (χ0n) is 14.4. The van der Waals surface area contributed by atoms with Gasteiger partial charge in [0.2, 0.25) is 5.95 Å². The lowest BCUT2D eigenvalue weighted by molar-refractivity contribution is 0.513. The summed E-state index contributed by atoms with van der Waals surface area (Å²) >= 11 is 0. The van der Waals surface area contributed by atoms with Gasteiger partial charge in [-0.3, -0.25) is 9.36 Å². The molecule has 0 amide bonds. The summed E-state index contributed by atoms with van der Waals surface area (Å²) in [5.41, 5.74) is 2.79. The van der Waals surface area contributed by atoms with Crippen LogP contribution in [0.4, 0.5) is 5.95 Å². The molecule has 1 saturated carbocycles. The normalized spacial score (nSPS) is 14.9. The number of pyridine rings is 1. The summed E-state index contributed by atoms with van der Waals surface area (Å²) in [5.74, 6) is 0.550. The average molecular weight is 334 g/mol. The van der Waals surface area contributed by atoms with Crippen LogP contribution in [0, 0.1) is 0 Å². The van der Waals surface area contributed by atoms with Crippen LogP contribution in [-0.2, 0) is 6.42 Å². The van der Waals surface area contributed by atoms with Crippen molar-refractivity contribution in [1.82, 2.24) is 14.5 Å². The highest BCUT2D eigenvalue weighted by Crippen LogP contribution is 2.30. The molecule has 2 aromatic heterocycles. The van der Waals surface area contributed by atoms with Crippen LogP contribution < -0.4 is 10.9 Å². The smallest absolute Gasteiger partial charge is 0.256 e. The van der Waals surface area contributed by atoms with Crippen LogP contribution in [-0.4, -0.2) is 21.6 Å². The predicted octanol–water partition coefficient (Wildman–Crippen LogP) is 3.54. The Morgan fingerprint density at radius 3 is 2.68 bits per heavy atom. The van der Waals surface area contributed by atoms with Crippen molar-refractivity contribution in [2.75, 3.05) is 12.4 Å². The lowest BCUT2D eigenvalue weighted by atomic mass is 10.0. The van der Waals surface area contributed by atoms with Gasteiger partial charge in [-0.2, -0.15) is 4.98 Å². The minimum Gasteiger partial charge on any atom is -0.357 e. The molecule has 0 bridgehead atoms. The lowest BCUT2D eigenvalue weighted by Crippen LogP contribution is -2.28. The molecule has 1 aliphatic rings. The third-order valence-corrected chi connectivity index (χ3v) is 5.00. The number of hydrogen-bond donors (Lipinski definition) is 1. The van der Waals surface area contributed by atoms with Crippen LogP contribution in [0.1, 0.15) is 42.9 Å². The topological polar surface area (TPSA) is 59.8 Å². The Bertz CT molecular complexity index is 943. The number of aromatic nitrogens is 3. The molecular weight excluding hydrogens is 312 g/mol. The van der Waals surface area contributed by atoms with E-state index in [0.717, 1.165) is 35.0 Å². The summed E-state index contributed by atoms with van der Waals surface area (Å²) in [6.45, 7) is 0. The first-order valence-electron chi connectivity index (χ1n) is 8.89. The quantitative estimate of drug-likeness (QED) is 0.793. The van der Waals surface area contributed by atoms with Crippen molar-refractivity contribution in [3.8, 4) is 0 Å². The number of anilines is 1. The molecule has 128 valence electrons. The molecule has 1 fully saturated rings. The van der Waals surface area contributed by atoms with Crippen molar-refractivity contribution >= 4 is 17.0 Å². The Balaban J connectivity index is 1.89. The number of rotatable bonds is 4. The van der Waals surface area contributed by atoms with Crippen molar-refractivity contribution in [3.63, 3.8) is 0 Å². The van der Waals surface area contributed by atoms with Gasteiger partial charge >= 0.3 is 0 Å². The van der Waals surface area contributed by atoms with Crippen LogP contribution >= 0.6 is 0 Å². The zero-order valence-corrected chi connectivity index (χ0v) is 14.4. The molecule has 3 aromatic rings. The minimum absolute atomic E-state index is 0.0870. The maximum Gasteiger partial charge on any atom is 0.256 e. The fourth-order valence-corrected chi connectivity index (χ4v) is 3.74. The van der Waals surface area contributed by atoms with Crippen molar-refractivity contribution in [3.05, 3.63) is 64.1 Å². The van der Waals surface area contributed by atoms with Crippen LogP contribution in [0.2, 0.25) is 0 Å². The molecule has 0 spiro atoms. The number of fused-ring (bicyclic) bond motifs is 1. The molecule has 5 heteroatoms. The van der Waals surface area contributed by atoms with Crippen molar-refractivity contribution in [2.45, 2.75) is 38.1 Å². The van der Waals surface area contributed by atoms with Gasteiger partial charge in [0.15, 0.2) is 0 Å². The SMILES string of the molecule is CNc1ncc2cc(Cc3ccccc3)c(=O)n(C3CCCC3)c2n1. The first-order chi connectivity index (χ1) is 12.3. The van der Waals surface area contributed by atoms with Gasteiger partial charge in [-0.25, -0.2) is 4.98 Å². The second-order valence-electron chi connectivity index (χ2n) is 6.67. The summed E-state index contributed by atoms with van der Waals surface area (Å²) in [6, 6.07) is 12.3. The van der Waals surface area contributed by atoms with E-state index in [1.165, 1.54) is 12.8 Å². The fourth-order valence-electron chi connectivity index (χ4n) is 3.74. The molecule has 2 heterocycles. The van der Waals surface area contributed by atoms with Crippen LogP contribution in [0.25, 0.3) is 11.0 Å². The Morgan fingerprint density at radius 2 is 1.96 bits per heavy atom. The maximum absolute atomic E-state index is 13.3. The monoisotopic (exact) mass is 334 g/mol. The van der Waals surface area contributed by atoms with Crippen molar-refractivity contribution in [2.24, 2.45) is 0 Å². The molecule has 0 aliphatic heterocycles. The van der Waals surface area contributed by atoms with Gasteiger partial charge in [-0.05, 0) is 24.5 Å². The first-order valence-corrected chi connectivity index (χ1v) is 8.89. The molecule has 0 saturated heterocycles. The molecule has 0 atom stereocenters. The number of nitrogens with one attached hydrogen (secondary N) is 1. The highest BCUT2D eigenvalue weighted by Gasteiger charge is 2.22. The summed E-state index contributed by atoms with van der Waals surface area (Å²) < 4.78 is 1.92. The fraction of sp³-hybridized carbons (Fsp3) is 0.350. The number of hydrogen-bond acceptors (Lipinski definition) is 4. The highest BCUT2D eigenvalue weighted by molar-refractivity contribution is 5.76. The Kier molecular flexibility index (Phi) is 4.22. The Labute approximate surface area is 146 Å². The van der Waals surface area contributed by atoms with E-state index in [0.29, 0.717) is 12.4 Å². The lowest BCUT2D eigenvalue weighted by Gasteiger charge is -2.18. The van der Waals surface area contributed by atoms with E-state index in [4.69, 9.17) is 0 Å². The van der Waals surface area contributed by atoms with E-state index in [1.807, 2.05) is 35.0 Å². The van der Waals surface area contributed by atoms with Crippen LogP contribution in [0.5, 0.6) is 0 Å². The van der Waals surface area contributed by atoms with E-state index >= 15 is 0 Å². The summed E-state index contributed by atoms with van der Waals surface area (Å²) in [5, 5.41) is 3.90. The van der Waals surface area contributed by atoms with Crippen molar-refractivity contribution < 1.29 is 0 Å². The van der Waals surface area contributed by atoms with E-state index in [-0.39, 0.29) is 11.6 Å². The standard InChI is InChI=1S/C20H22N4O/c1-21-20-22-13-16-12-15(11-14-7-3-2-4-8-14)19(25)24(18(16)23-20)17-9-5-6-10-17/h2-4,7-8,12-13,17H,5-6,9-11H2,1H3,(H,21,22,23). The zero-order chi connectivity index (χ0) is 17.2. The van der Waals surface area contributed by atoms with Crippen LogP contribution in [0.3, 0.4) is 0 Å². The number of nitrogens with zero attached hydrogens (tertiary/aromatic N) is 3. The average Bonchev–Trinajstić information content (AvgIpc) is 3.17. The molecule has 5 nitrogen and oxygen atoms in total. The molecule has 25 heavy (non-hydrogen) atoms. The van der Waals surface area contributed by atoms with Gasteiger partial charge in [-0.15, -0.1) is 0 Å². The van der Waals surface area contributed by atoms with E-state index < -0.39 is 0 Å². The predicted molar refractivity (Wildman–Crippen MR) is 100 cm³/mol. The van der Waals surface area contributed by atoms with Gasteiger partial charge in [0, 0.05) is 36.7 Å². The maximum atomic E-state index is 13.3. The van der Waals surface area contributed by atoms with Crippen LogP contribution in [0.15, 0.2) is 47.4 Å². The van der Waals surface area contributed by atoms with E-state index in [1.54, 1.807) is 7.05 Å². The molecule has 1 aliphatic carbocycles. The van der Waals surface area contributed by atoms with E-state index in [9.17, 15) is 4.79 Å². The van der Waals surface area contributed by atoms with Gasteiger partial charge in [0.25, 0.3) is 5.56 Å². The second-order valence-corrected chi connectivity index (χ2v) is 6.67. The second kappa shape index (κ2) is 6.67.